The van der Waals surface area contributed by atoms with E-state index in [0.29, 0.717) is 10.7 Å². The van der Waals surface area contributed by atoms with E-state index in [0.717, 1.165) is 21.4 Å². The molecule has 3 aromatic rings. The second-order valence-electron chi connectivity index (χ2n) is 8.13. The first-order valence-corrected chi connectivity index (χ1v) is 11.2. The first-order chi connectivity index (χ1) is 16.1. The molecule has 10 heteroatoms. The highest BCUT2D eigenvalue weighted by Gasteiger charge is 2.15. The zero-order valence-corrected chi connectivity index (χ0v) is 20.0. The van der Waals surface area contributed by atoms with Crippen LogP contribution in [0.2, 0.25) is 5.02 Å². The molecular weight excluding hydrogens is 460 g/mol. The van der Waals surface area contributed by atoms with E-state index in [4.69, 9.17) is 21.4 Å². The number of aromatic nitrogens is 3. The van der Waals surface area contributed by atoms with Gasteiger partial charge in [0.05, 0.1) is 12.6 Å². The van der Waals surface area contributed by atoms with E-state index in [2.05, 4.69) is 10.3 Å². The van der Waals surface area contributed by atoms with E-state index in [9.17, 15) is 14.4 Å². The number of hydrogen-bond acceptors (Lipinski definition) is 6. The lowest BCUT2D eigenvalue weighted by Crippen LogP contribution is -2.42. The Labute approximate surface area is 201 Å². The Bertz CT molecular complexity index is 1280. The van der Waals surface area contributed by atoms with Crippen LogP contribution in [-0.4, -0.2) is 31.3 Å². The number of anilines is 2. The molecule has 0 saturated heterocycles. The molecule has 180 valence electrons. The summed E-state index contributed by atoms with van der Waals surface area (Å²) in [4.78, 5) is 40.8. The number of carbonyl (C=O) groups is 1. The zero-order valence-electron chi connectivity index (χ0n) is 19.2. The fourth-order valence-corrected chi connectivity index (χ4v) is 3.49. The third-order valence-electron chi connectivity index (χ3n) is 4.97. The van der Waals surface area contributed by atoms with E-state index in [-0.39, 0.29) is 38.0 Å². The number of nitrogens with zero attached hydrogens (tertiary/aromatic N) is 3. The molecule has 0 radical (unpaired) electrons. The lowest BCUT2D eigenvalue weighted by Gasteiger charge is -2.17. The van der Waals surface area contributed by atoms with Gasteiger partial charge in [0.25, 0.3) is 0 Å². The number of benzene rings is 2. The van der Waals surface area contributed by atoms with Crippen molar-refractivity contribution in [3.05, 3.63) is 79.6 Å². The summed E-state index contributed by atoms with van der Waals surface area (Å²) in [5, 5.41) is 12.5. The summed E-state index contributed by atoms with van der Waals surface area (Å²) in [6, 6.07) is 12.4. The lowest BCUT2D eigenvalue weighted by molar-refractivity contribution is -0.137. The molecule has 0 bridgehead atoms. The van der Waals surface area contributed by atoms with Gasteiger partial charge in [0.1, 0.15) is 5.75 Å². The van der Waals surface area contributed by atoms with Gasteiger partial charge in [-0.3, -0.25) is 9.36 Å². The van der Waals surface area contributed by atoms with Crippen molar-refractivity contribution in [1.29, 1.82) is 0 Å². The van der Waals surface area contributed by atoms with Crippen LogP contribution >= 0.6 is 11.6 Å². The van der Waals surface area contributed by atoms with Gasteiger partial charge in [-0.05, 0) is 68.7 Å². The zero-order chi connectivity index (χ0) is 24.8. The van der Waals surface area contributed by atoms with Crippen molar-refractivity contribution in [3.63, 3.8) is 0 Å². The summed E-state index contributed by atoms with van der Waals surface area (Å²) < 4.78 is 8.07. The molecule has 3 rings (SSSR count). The summed E-state index contributed by atoms with van der Waals surface area (Å²) in [6.45, 7) is 5.88. The van der Waals surface area contributed by atoms with Crippen LogP contribution in [0.25, 0.3) is 0 Å². The molecule has 0 atom stereocenters. The Morgan fingerprint density at radius 2 is 1.85 bits per heavy atom. The van der Waals surface area contributed by atoms with E-state index in [1.165, 1.54) is 4.57 Å². The predicted octanol–water partition coefficient (Wildman–Crippen LogP) is 3.81. The van der Waals surface area contributed by atoms with Crippen LogP contribution in [0.3, 0.4) is 0 Å². The Kier molecular flexibility index (Phi) is 8.12. The van der Waals surface area contributed by atoms with Crippen molar-refractivity contribution in [3.8, 4) is 5.75 Å². The number of carboxylic acid groups (broad SMARTS) is 1. The maximum atomic E-state index is 13.2. The van der Waals surface area contributed by atoms with Crippen molar-refractivity contribution >= 4 is 29.2 Å². The highest BCUT2D eigenvalue weighted by molar-refractivity contribution is 6.30. The Hall–Kier alpha value is -3.59. The standard InChI is InChI=1S/C24H27ClN4O5/c1-15(2)34-20-11-10-19(13-16(20)3)26-22-27-23(32)28(12-4-5-21(30)31)24(33)29(22)14-17-6-8-18(25)9-7-17/h6-11,13,15H,4-5,12,14H2,1-3H3,(H,30,31)(H,26,27,32). The predicted molar refractivity (Wildman–Crippen MR) is 130 cm³/mol. The molecule has 2 aromatic carbocycles. The van der Waals surface area contributed by atoms with Gasteiger partial charge in [-0.1, -0.05) is 23.7 Å². The maximum Gasteiger partial charge on any atom is 0.354 e. The number of aliphatic carboxylic acids is 1. The van der Waals surface area contributed by atoms with Crippen molar-refractivity contribution in [2.45, 2.75) is 52.8 Å². The summed E-state index contributed by atoms with van der Waals surface area (Å²) in [5.74, 6) is -0.182. The second kappa shape index (κ2) is 11.0. The molecule has 0 spiro atoms. The highest BCUT2D eigenvalue weighted by Crippen LogP contribution is 2.24. The van der Waals surface area contributed by atoms with Crippen LogP contribution in [0.1, 0.15) is 37.8 Å². The monoisotopic (exact) mass is 486 g/mol. The van der Waals surface area contributed by atoms with Crippen LogP contribution in [0, 0.1) is 6.92 Å². The van der Waals surface area contributed by atoms with Crippen LogP contribution in [0.5, 0.6) is 5.75 Å². The number of aryl methyl sites for hydroxylation is 1. The molecule has 0 aliphatic rings. The summed E-state index contributed by atoms with van der Waals surface area (Å²) in [6.07, 6.45) is 0.00114. The van der Waals surface area contributed by atoms with Crippen molar-refractivity contribution < 1.29 is 14.6 Å². The summed E-state index contributed by atoms with van der Waals surface area (Å²) in [5.41, 5.74) is 0.964. The van der Waals surface area contributed by atoms with E-state index in [1.807, 2.05) is 32.9 Å². The first-order valence-electron chi connectivity index (χ1n) is 10.9. The maximum absolute atomic E-state index is 13.2. The SMILES string of the molecule is Cc1cc(Nc2nc(=O)n(CCCC(=O)O)c(=O)n2Cc2ccc(Cl)cc2)ccc1OC(C)C. The molecule has 0 fully saturated rings. The number of hydrogen-bond donors (Lipinski definition) is 2. The van der Waals surface area contributed by atoms with Gasteiger partial charge >= 0.3 is 17.3 Å². The van der Waals surface area contributed by atoms with E-state index >= 15 is 0 Å². The number of carboxylic acids is 1. The van der Waals surface area contributed by atoms with Gasteiger partial charge in [0.2, 0.25) is 5.95 Å². The number of ether oxygens (including phenoxy) is 1. The third kappa shape index (κ3) is 6.48. The summed E-state index contributed by atoms with van der Waals surface area (Å²) >= 11 is 5.98. The minimum Gasteiger partial charge on any atom is -0.491 e. The van der Waals surface area contributed by atoms with E-state index in [1.54, 1.807) is 30.3 Å². The molecular formula is C24H27ClN4O5. The summed E-state index contributed by atoms with van der Waals surface area (Å²) in [7, 11) is 0. The third-order valence-corrected chi connectivity index (χ3v) is 5.22. The van der Waals surface area contributed by atoms with Crippen molar-refractivity contribution in [2.75, 3.05) is 5.32 Å². The quantitative estimate of drug-likeness (QED) is 0.447. The van der Waals surface area contributed by atoms with Crippen LogP contribution in [0.15, 0.2) is 52.1 Å². The fourth-order valence-electron chi connectivity index (χ4n) is 3.36. The smallest absolute Gasteiger partial charge is 0.354 e. The molecule has 0 aliphatic carbocycles. The molecule has 1 heterocycles. The molecule has 34 heavy (non-hydrogen) atoms. The number of rotatable bonds is 10. The molecule has 9 nitrogen and oxygen atoms in total. The largest absolute Gasteiger partial charge is 0.491 e. The second-order valence-corrected chi connectivity index (χ2v) is 8.57. The average molecular weight is 487 g/mol. The molecule has 2 N–H and O–H groups in total. The Morgan fingerprint density at radius 1 is 1.15 bits per heavy atom. The van der Waals surface area contributed by atoms with Gasteiger partial charge < -0.3 is 15.2 Å². The molecule has 0 unspecified atom stereocenters. The van der Waals surface area contributed by atoms with Gasteiger partial charge in [0, 0.05) is 23.7 Å². The lowest BCUT2D eigenvalue weighted by atomic mass is 10.2. The van der Waals surface area contributed by atoms with Crippen molar-refractivity contribution in [1.82, 2.24) is 14.1 Å². The topological polar surface area (TPSA) is 115 Å². The first kappa shape index (κ1) is 25.0. The van der Waals surface area contributed by atoms with Gasteiger partial charge in [-0.2, -0.15) is 4.98 Å². The van der Waals surface area contributed by atoms with Crippen molar-refractivity contribution in [2.24, 2.45) is 0 Å². The van der Waals surface area contributed by atoms with Crippen LogP contribution in [-0.2, 0) is 17.9 Å². The minimum atomic E-state index is -0.999. The highest BCUT2D eigenvalue weighted by atomic mass is 35.5. The minimum absolute atomic E-state index is 0.0254. The molecule has 1 aromatic heterocycles. The average Bonchev–Trinajstić information content (AvgIpc) is 2.76. The van der Waals surface area contributed by atoms with Gasteiger partial charge in [-0.25, -0.2) is 14.2 Å². The van der Waals surface area contributed by atoms with Gasteiger partial charge in [0.15, 0.2) is 0 Å². The van der Waals surface area contributed by atoms with E-state index < -0.39 is 17.3 Å². The normalized spacial score (nSPS) is 11.0. The molecule has 0 aliphatic heterocycles. The van der Waals surface area contributed by atoms with Crippen LogP contribution < -0.4 is 21.4 Å². The van der Waals surface area contributed by atoms with Crippen LogP contribution in [0.4, 0.5) is 11.6 Å². The Morgan fingerprint density at radius 3 is 2.47 bits per heavy atom. The van der Waals surface area contributed by atoms with Gasteiger partial charge in [-0.15, -0.1) is 0 Å². The Balaban J connectivity index is 2.00. The molecule has 0 saturated carbocycles. The molecule has 0 amide bonds. The number of halogens is 1. The fraction of sp³-hybridized carbons (Fsp3) is 0.333. The number of nitrogens with one attached hydrogen (secondary N) is 1.